The largest absolute Gasteiger partial charge is 0.384 e. The van der Waals surface area contributed by atoms with Gasteiger partial charge in [-0.2, -0.15) is 5.10 Å². The van der Waals surface area contributed by atoms with Crippen molar-refractivity contribution in [3.05, 3.63) is 11.6 Å². The molecule has 0 bridgehead atoms. The first-order valence-electron chi connectivity index (χ1n) is 6.31. The van der Waals surface area contributed by atoms with E-state index < -0.39 is 0 Å². The number of nitrogens with zero attached hydrogens (tertiary/aromatic N) is 3. The second-order valence-corrected chi connectivity index (χ2v) is 4.98. The van der Waals surface area contributed by atoms with Crippen molar-refractivity contribution in [2.24, 2.45) is 11.7 Å². The van der Waals surface area contributed by atoms with E-state index in [0.29, 0.717) is 31.0 Å². The Bertz CT molecular complexity index is 377. The van der Waals surface area contributed by atoms with Crippen LogP contribution in [0.4, 0.5) is 0 Å². The van der Waals surface area contributed by atoms with Crippen molar-refractivity contribution in [3.63, 3.8) is 0 Å². The van der Waals surface area contributed by atoms with Crippen LogP contribution in [0, 0.1) is 5.92 Å². The molecule has 0 radical (unpaired) electrons. The first-order valence-corrected chi connectivity index (χ1v) is 6.31. The zero-order valence-corrected chi connectivity index (χ0v) is 10.9. The summed E-state index contributed by atoms with van der Waals surface area (Å²) in [6.07, 6.45) is 1.90. The zero-order chi connectivity index (χ0) is 12.4. The van der Waals surface area contributed by atoms with Gasteiger partial charge in [0.25, 0.3) is 0 Å². The molecule has 3 unspecified atom stereocenters. The van der Waals surface area contributed by atoms with E-state index in [1.54, 1.807) is 7.11 Å². The van der Waals surface area contributed by atoms with E-state index in [1.165, 1.54) is 0 Å². The van der Waals surface area contributed by atoms with Gasteiger partial charge < -0.3 is 10.5 Å². The smallest absolute Gasteiger partial charge is 0.153 e. The Kier molecular flexibility index (Phi) is 3.79. The summed E-state index contributed by atoms with van der Waals surface area (Å²) >= 11 is 0. The third-order valence-electron chi connectivity index (χ3n) is 3.63. The number of ether oxygens (including phenoxy) is 1. The summed E-state index contributed by atoms with van der Waals surface area (Å²) in [5, 5.41) is 4.57. The van der Waals surface area contributed by atoms with Gasteiger partial charge in [0.15, 0.2) is 5.82 Å². The molecule has 1 aliphatic rings. The van der Waals surface area contributed by atoms with Gasteiger partial charge in [-0.25, -0.2) is 9.67 Å². The number of hydrogen-bond donors (Lipinski definition) is 1. The standard InChI is InChI=1S/C12H22N4O/c1-8-6-9(2)16-12(10(8)7-13)14-11(15-16)4-5-17-3/h8-10H,4-7,13H2,1-3H3. The molecular formula is C12H22N4O. The quantitative estimate of drug-likeness (QED) is 0.853. The zero-order valence-electron chi connectivity index (χ0n) is 10.9. The van der Waals surface area contributed by atoms with Crippen molar-refractivity contribution < 1.29 is 4.74 Å². The van der Waals surface area contributed by atoms with Gasteiger partial charge in [0.2, 0.25) is 0 Å². The molecule has 0 aromatic carbocycles. The van der Waals surface area contributed by atoms with E-state index in [1.807, 2.05) is 0 Å². The maximum atomic E-state index is 5.86. The Hall–Kier alpha value is -0.940. The third kappa shape index (κ3) is 2.35. The van der Waals surface area contributed by atoms with Gasteiger partial charge in [-0.05, 0) is 19.3 Å². The third-order valence-corrected chi connectivity index (χ3v) is 3.63. The predicted octanol–water partition coefficient (Wildman–Crippen LogP) is 1.11. The Morgan fingerprint density at radius 3 is 2.88 bits per heavy atom. The first kappa shape index (κ1) is 12.5. The molecule has 2 rings (SSSR count). The van der Waals surface area contributed by atoms with Gasteiger partial charge in [-0.15, -0.1) is 0 Å². The molecule has 1 aromatic rings. The fourth-order valence-corrected chi connectivity index (χ4v) is 2.65. The summed E-state index contributed by atoms with van der Waals surface area (Å²) in [6.45, 7) is 5.76. The number of nitrogens with two attached hydrogens (primary N) is 1. The maximum Gasteiger partial charge on any atom is 0.153 e. The minimum Gasteiger partial charge on any atom is -0.384 e. The Morgan fingerprint density at radius 1 is 1.47 bits per heavy atom. The molecule has 0 spiro atoms. The van der Waals surface area contributed by atoms with Crippen LogP contribution in [0.1, 0.15) is 43.9 Å². The molecule has 3 atom stereocenters. The van der Waals surface area contributed by atoms with Crippen molar-refractivity contribution in [3.8, 4) is 0 Å². The summed E-state index contributed by atoms with van der Waals surface area (Å²) in [4.78, 5) is 4.63. The molecule has 0 saturated heterocycles. The normalized spacial score (nSPS) is 28.1. The fraction of sp³-hybridized carbons (Fsp3) is 0.833. The van der Waals surface area contributed by atoms with Crippen LogP contribution in [-0.4, -0.2) is 35.0 Å². The topological polar surface area (TPSA) is 66.0 Å². The monoisotopic (exact) mass is 238 g/mol. The molecular weight excluding hydrogens is 216 g/mol. The average Bonchev–Trinajstić information content (AvgIpc) is 2.71. The van der Waals surface area contributed by atoms with E-state index in [0.717, 1.165) is 24.5 Å². The molecule has 0 saturated carbocycles. The van der Waals surface area contributed by atoms with Gasteiger partial charge >= 0.3 is 0 Å². The average molecular weight is 238 g/mol. The Balaban J connectivity index is 2.26. The minimum atomic E-state index is 0.343. The minimum absolute atomic E-state index is 0.343. The molecule has 96 valence electrons. The van der Waals surface area contributed by atoms with Crippen molar-refractivity contribution in [1.82, 2.24) is 14.8 Å². The SMILES string of the molecule is COCCc1nc2n(n1)C(C)CC(C)C2CN. The summed E-state index contributed by atoms with van der Waals surface area (Å²) in [5.74, 6) is 2.86. The van der Waals surface area contributed by atoms with Crippen LogP contribution in [0.2, 0.25) is 0 Å². The highest BCUT2D eigenvalue weighted by atomic mass is 16.5. The number of rotatable bonds is 4. The lowest BCUT2D eigenvalue weighted by atomic mass is 9.85. The van der Waals surface area contributed by atoms with E-state index >= 15 is 0 Å². The second-order valence-electron chi connectivity index (χ2n) is 4.98. The molecule has 1 aromatic heterocycles. The van der Waals surface area contributed by atoms with Crippen LogP contribution in [0.25, 0.3) is 0 Å². The number of fused-ring (bicyclic) bond motifs is 1. The number of aromatic nitrogens is 3. The number of hydrogen-bond acceptors (Lipinski definition) is 4. The van der Waals surface area contributed by atoms with Crippen LogP contribution in [0.15, 0.2) is 0 Å². The molecule has 2 N–H and O–H groups in total. The second kappa shape index (κ2) is 5.14. The summed E-state index contributed by atoms with van der Waals surface area (Å²) < 4.78 is 7.12. The van der Waals surface area contributed by atoms with Crippen LogP contribution in [-0.2, 0) is 11.2 Å². The Morgan fingerprint density at radius 2 is 2.24 bits per heavy atom. The van der Waals surface area contributed by atoms with E-state index in [4.69, 9.17) is 10.5 Å². The van der Waals surface area contributed by atoms with Crippen LogP contribution < -0.4 is 5.73 Å². The van der Waals surface area contributed by atoms with Crippen molar-refractivity contribution in [2.45, 2.75) is 38.6 Å². The molecule has 2 heterocycles. The van der Waals surface area contributed by atoms with E-state index in [2.05, 4.69) is 28.6 Å². The highest BCUT2D eigenvalue weighted by molar-refractivity contribution is 5.07. The molecule has 5 nitrogen and oxygen atoms in total. The predicted molar refractivity (Wildman–Crippen MR) is 65.9 cm³/mol. The summed E-state index contributed by atoms with van der Waals surface area (Å²) in [5.41, 5.74) is 5.86. The van der Waals surface area contributed by atoms with Crippen molar-refractivity contribution >= 4 is 0 Å². The van der Waals surface area contributed by atoms with Gasteiger partial charge in [0.05, 0.1) is 12.6 Å². The van der Waals surface area contributed by atoms with Crippen LogP contribution in [0.5, 0.6) is 0 Å². The van der Waals surface area contributed by atoms with Crippen molar-refractivity contribution in [1.29, 1.82) is 0 Å². The lowest BCUT2D eigenvalue weighted by Gasteiger charge is -2.31. The van der Waals surface area contributed by atoms with Gasteiger partial charge in [0, 0.05) is 26.0 Å². The number of methoxy groups -OCH3 is 1. The van der Waals surface area contributed by atoms with Gasteiger partial charge in [0.1, 0.15) is 5.82 Å². The molecule has 0 aliphatic carbocycles. The molecule has 5 heteroatoms. The first-order chi connectivity index (χ1) is 8.17. The lowest BCUT2D eigenvalue weighted by molar-refractivity contribution is 0.200. The van der Waals surface area contributed by atoms with Crippen LogP contribution in [0.3, 0.4) is 0 Å². The van der Waals surface area contributed by atoms with Crippen LogP contribution >= 0.6 is 0 Å². The highest BCUT2D eigenvalue weighted by Gasteiger charge is 2.32. The summed E-state index contributed by atoms with van der Waals surface area (Å²) in [6, 6.07) is 0.423. The Labute approximate surface area is 102 Å². The highest BCUT2D eigenvalue weighted by Crippen LogP contribution is 2.35. The summed E-state index contributed by atoms with van der Waals surface area (Å²) in [7, 11) is 1.70. The van der Waals surface area contributed by atoms with Gasteiger partial charge in [-0.1, -0.05) is 6.92 Å². The van der Waals surface area contributed by atoms with E-state index in [-0.39, 0.29) is 0 Å². The fourth-order valence-electron chi connectivity index (χ4n) is 2.65. The van der Waals surface area contributed by atoms with Gasteiger partial charge in [-0.3, -0.25) is 0 Å². The molecule has 0 amide bonds. The molecule has 0 fully saturated rings. The molecule has 17 heavy (non-hydrogen) atoms. The molecule has 1 aliphatic heterocycles. The lowest BCUT2D eigenvalue weighted by Crippen LogP contribution is -2.31. The maximum absolute atomic E-state index is 5.86. The van der Waals surface area contributed by atoms with Crippen molar-refractivity contribution in [2.75, 3.05) is 20.3 Å². The van der Waals surface area contributed by atoms with E-state index in [9.17, 15) is 0 Å².